The molecule has 0 saturated carbocycles. The number of hydrogen-bond donors (Lipinski definition) is 0. The summed E-state index contributed by atoms with van der Waals surface area (Å²) in [5.74, 6) is 1.50. The summed E-state index contributed by atoms with van der Waals surface area (Å²) in [5.41, 5.74) is 3.81. The van der Waals surface area contributed by atoms with Crippen LogP contribution in [0.3, 0.4) is 0 Å². The number of nitrogens with zero attached hydrogens (tertiary/aromatic N) is 3. The molecule has 0 amide bonds. The van der Waals surface area contributed by atoms with Crippen LogP contribution in [0.4, 0.5) is 5.69 Å². The second-order valence-electron chi connectivity index (χ2n) is 8.14. The van der Waals surface area contributed by atoms with Crippen molar-refractivity contribution in [2.75, 3.05) is 11.4 Å². The van der Waals surface area contributed by atoms with Crippen LogP contribution in [0.15, 0.2) is 108 Å². The van der Waals surface area contributed by atoms with E-state index in [1.165, 1.54) is 5.39 Å². The van der Waals surface area contributed by atoms with Crippen molar-refractivity contribution in [3.05, 3.63) is 128 Å². The summed E-state index contributed by atoms with van der Waals surface area (Å²) in [6.45, 7) is 2.82. The van der Waals surface area contributed by atoms with Crippen LogP contribution in [-0.4, -0.2) is 16.4 Å². The van der Waals surface area contributed by atoms with E-state index < -0.39 is 0 Å². The predicted octanol–water partition coefficient (Wildman–Crippen LogP) is 6.71. The smallest absolute Gasteiger partial charge is 0.186 e. The van der Waals surface area contributed by atoms with Gasteiger partial charge in [0.25, 0.3) is 0 Å². The van der Waals surface area contributed by atoms with Crippen molar-refractivity contribution >= 4 is 16.5 Å². The molecule has 6 rings (SSSR count). The fourth-order valence-electron chi connectivity index (χ4n) is 4.24. The van der Waals surface area contributed by atoms with Gasteiger partial charge in [-0.3, -0.25) is 4.98 Å². The predicted molar refractivity (Wildman–Crippen MR) is 135 cm³/mol. The molecule has 0 aliphatic carbocycles. The number of oxazole rings is 1. The van der Waals surface area contributed by atoms with Crippen molar-refractivity contribution in [1.29, 1.82) is 0 Å². The van der Waals surface area contributed by atoms with Gasteiger partial charge in [0.15, 0.2) is 5.89 Å². The molecule has 0 saturated heterocycles. The molecule has 0 N–H and O–H groups in total. The topological polar surface area (TPSA) is 32.5 Å². The Morgan fingerprint density at radius 1 is 0.829 bits per heavy atom. The van der Waals surface area contributed by atoms with Gasteiger partial charge >= 0.3 is 0 Å². The maximum Gasteiger partial charge on any atom is 0.186 e. The average molecular weight is 636 g/mol. The number of rotatable bonds is 6. The molecule has 2 heterocycles. The summed E-state index contributed by atoms with van der Waals surface area (Å²) >= 11 is 0. The van der Waals surface area contributed by atoms with Crippen molar-refractivity contribution in [2.45, 2.75) is 6.42 Å². The number of benzene rings is 4. The van der Waals surface area contributed by atoms with Crippen LogP contribution < -0.4 is 4.90 Å². The maximum absolute atomic E-state index is 6.42. The summed E-state index contributed by atoms with van der Waals surface area (Å²) in [6, 6.07) is 37.1. The van der Waals surface area contributed by atoms with Crippen LogP contribution in [0.2, 0.25) is 0 Å². The molecule has 0 radical (unpaired) electrons. The van der Waals surface area contributed by atoms with Gasteiger partial charge in [0.05, 0.1) is 0 Å². The van der Waals surface area contributed by atoms with Gasteiger partial charge in [0.1, 0.15) is 5.76 Å². The fraction of sp³-hybridized carbons (Fsp3) is 0.0667. The van der Waals surface area contributed by atoms with Crippen LogP contribution in [-0.2, 0) is 27.5 Å². The van der Waals surface area contributed by atoms with Crippen LogP contribution in [0, 0.1) is 18.8 Å². The quantitative estimate of drug-likeness (QED) is 0.194. The van der Waals surface area contributed by atoms with Gasteiger partial charge in [-0.1, -0.05) is 42.5 Å². The molecular formula is C30H22N3OPt-3. The van der Waals surface area contributed by atoms with Gasteiger partial charge in [0.2, 0.25) is 0 Å². The van der Waals surface area contributed by atoms with Crippen molar-refractivity contribution < 1.29 is 25.5 Å². The Balaban J connectivity index is 0.00000253. The molecule has 0 bridgehead atoms. The third-order valence-electron chi connectivity index (χ3n) is 5.92. The van der Waals surface area contributed by atoms with Gasteiger partial charge in [-0.2, -0.15) is 37.0 Å². The zero-order valence-corrected chi connectivity index (χ0v) is 21.1. The van der Waals surface area contributed by atoms with Gasteiger partial charge in [-0.25, -0.2) is 0 Å². The monoisotopic (exact) mass is 635 g/mol. The van der Waals surface area contributed by atoms with Gasteiger partial charge < -0.3 is 14.2 Å². The molecule has 1 aromatic heterocycles. The SMILES string of the molecule is [Pt].[c-]1ccccc1-c1nc(CCN2C=CN(c3[c-]cccc3)[CH-]2)oc1-c1cccc2ccccc12. The van der Waals surface area contributed by atoms with E-state index in [1.54, 1.807) is 0 Å². The van der Waals surface area contributed by atoms with E-state index in [1.807, 2.05) is 54.7 Å². The van der Waals surface area contributed by atoms with Crippen LogP contribution in [0.25, 0.3) is 33.4 Å². The minimum atomic E-state index is 0. The first-order chi connectivity index (χ1) is 16.8. The first-order valence-electron chi connectivity index (χ1n) is 11.3. The summed E-state index contributed by atoms with van der Waals surface area (Å²) in [7, 11) is 0. The number of aromatic nitrogens is 1. The van der Waals surface area contributed by atoms with Crippen molar-refractivity contribution in [3.8, 4) is 22.6 Å². The van der Waals surface area contributed by atoms with E-state index in [9.17, 15) is 0 Å². The summed E-state index contributed by atoms with van der Waals surface area (Å²) in [5, 5.41) is 2.32. The minimum Gasteiger partial charge on any atom is -0.507 e. The summed E-state index contributed by atoms with van der Waals surface area (Å²) in [4.78, 5) is 9.11. The zero-order valence-electron chi connectivity index (χ0n) is 18.9. The molecule has 0 unspecified atom stereocenters. The van der Waals surface area contributed by atoms with E-state index in [0.717, 1.165) is 40.2 Å². The van der Waals surface area contributed by atoms with Crippen molar-refractivity contribution in [3.63, 3.8) is 0 Å². The standard InChI is InChI=1S/C30H22N3O.Pt/c1-3-11-24(12-4-1)29-30(27-17-9-13-23-10-7-8-16-26(23)27)34-28(31-29)18-19-32-20-21-33(22-32)25-14-5-2-6-15-25;/h1-11,13-14,16-17,20-22H,18-19H2;/q-3;. The largest absolute Gasteiger partial charge is 0.507 e. The van der Waals surface area contributed by atoms with Crippen LogP contribution >= 0.6 is 0 Å². The molecule has 0 fully saturated rings. The Hall–Kier alpha value is -3.62. The molecule has 5 aromatic rings. The van der Waals surface area contributed by atoms with E-state index >= 15 is 0 Å². The number of hydrogen-bond acceptors (Lipinski definition) is 4. The van der Waals surface area contributed by atoms with Gasteiger partial charge in [-0.05, 0) is 29.7 Å². The summed E-state index contributed by atoms with van der Waals surface area (Å²) in [6.07, 6.45) is 4.77. The van der Waals surface area contributed by atoms with Crippen molar-refractivity contribution in [2.24, 2.45) is 0 Å². The Kier molecular flexibility index (Phi) is 6.83. The Labute approximate surface area is 219 Å². The Bertz CT molecular complexity index is 1440. The van der Waals surface area contributed by atoms with Crippen LogP contribution in [0.1, 0.15) is 5.89 Å². The second-order valence-corrected chi connectivity index (χ2v) is 8.14. The van der Waals surface area contributed by atoms with Gasteiger partial charge in [-0.15, -0.1) is 41.6 Å². The molecule has 0 atom stereocenters. The normalized spacial score (nSPS) is 12.8. The molecule has 5 heteroatoms. The molecule has 176 valence electrons. The Morgan fingerprint density at radius 3 is 2.46 bits per heavy atom. The molecule has 35 heavy (non-hydrogen) atoms. The Morgan fingerprint density at radius 2 is 1.63 bits per heavy atom. The fourth-order valence-corrected chi connectivity index (χ4v) is 4.24. The van der Waals surface area contributed by atoms with Crippen LogP contribution in [0.5, 0.6) is 0 Å². The summed E-state index contributed by atoms with van der Waals surface area (Å²) < 4.78 is 6.42. The van der Waals surface area contributed by atoms with E-state index in [-0.39, 0.29) is 21.1 Å². The number of para-hydroxylation sites is 1. The zero-order chi connectivity index (χ0) is 22.7. The van der Waals surface area contributed by atoms with Crippen molar-refractivity contribution in [1.82, 2.24) is 9.88 Å². The molecule has 4 aromatic carbocycles. The molecule has 1 aliphatic rings. The average Bonchev–Trinajstić information content (AvgIpc) is 3.56. The molecule has 0 spiro atoms. The van der Waals surface area contributed by atoms with E-state index in [0.29, 0.717) is 12.3 Å². The second kappa shape index (κ2) is 10.3. The first kappa shape index (κ1) is 23.1. The molecule has 1 aliphatic heterocycles. The minimum absolute atomic E-state index is 0. The first-order valence-corrected chi connectivity index (χ1v) is 11.3. The van der Waals surface area contributed by atoms with Gasteiger partial charge in [0, 0.05) is 38.7 Å². The number of fused-ring (bicyclic) bond motifs is 1. The maximum atomic E-state index is 6.42. The third-order valence-corrected chi connectivity index (χ3v) is 5.92. The van der Waals surface area contributed by atoms with E-state index in [2.05, 4.69) is 77.3 Å². The van der Waals surface area contributed by atoms with E-state index in [4.69, 9.17) is 9.40 Å². The third kappa shape index (κ3) is 4.80. The molecular weight excluding hydrogens is 613 g/mol. The number of anilines is 1. The molecule has 4 nitrogen and oxygen atoms in total.